The molecule has 1 aliphatic heterocycles. The van der Waals surface area contributed by atoms with Crippen molar-refractivity contribution in [3.05, 3.63) is 42.0 Å². The van der Waals surface area contributed by atoms with Crippen LogP contribution in [0.5, 0.6) is 0 Å². The van der Waals surface area contributed by atoms with Crippen molar-refractivity contribution in [2.24, 2.45) is 0 Å². The first-order chi connectivity index (χ1) is 11.6. The van der Waals surface area contributed by atoms with Crippen molar-refractivity contribution in [3.63, 3.8) is 0 Å². The first kappa shape index (κ1) is 18.3. The zero-order chi connectivity index (χ0) is 17.4. The molecule has 130 valence electrons. The van der Waals surface area contributed by atoms with Crippen LogP contribution in [0.25, 0.3) is 0 Å². The fourth-order valence-electron chi connectivity index (χ4n) is 2.55. The van der Waals surface area contributed by atoms with Crippen LogP contribution in [0.15, 0.2) is 30.3 Å². The molecule has 1 atom stereocenters. The number of hydrogen-bond acceptors (Lipinski definition) is 5. The number of benzene rings is 1. The largest absolute Gasteiger partial charge is 0.481 e. The number of aliphatic carboxylic acids is 1. The Morgan fingerprint density at radius 2 is 2.08 bits per heavy atom. The number of nitrogens with zero attached hydrogens (tertiary/aromatic N) is 3. The lowest BCUT2D eigenvalue weighted by atomic mass is 10.3. The van der Waals surface area contributed by atoms with Crippen molar-refractivity contribution in [1.82, 2.24) is 14.8 Å². The van der Waals surface area contributed by atoms with E-state index in [4.69, 9.17) is 9.90 Å². The second-order valence-electron chi connectivity index (χ2n) is 5.46. The topological polar surface area (TPSA) is 80.0 Å². The van der Waals surface area contributed by atoms with Crippen LogP contribution < -0.4 is 5.32 Å². The number of para-hydroxylation sites is 1. The lowest BCUT2D eigenvalue weighted by Gasteiger charge is -2.22. The molecule has 0 radical (unpaired) electrons. The van der Waals surface area contributed by atoms with Gasteiger partial charge < -0.3 is 15.0 Å². The zero-order valence-corrected chi connectivity index (χ0v) is 14.9. The molecule has 1 aromatic heterocycles. The highest BCUT2D eigenvalue weighted by atomic mass is 32.2. The number of carboxylic acid groups (broad SMARTS) is 1. The van der Waals surface area contributed by atoms with E-state index in [1.54, 1.807) is 0 Å². The van der Waals surface area contributed by atoms with Crippen molar-refractivity contribution in [2.45, 2.75) is 38.5 Å². The van der Waals surface area contributed by atoms with E-state index in [-0.39, 0.29) is 0 Å². The molecule has 0 fully saturated rings. The number of nitrogens with one attached hydrogen (secondary N) is 1. The second kappa shape index (κ2) is 9.32. The Bertz CT molecular complexity index is 641. The van der Waals surface area contributed by atoms with E-state index < -0.39 is 5.97 Å². The molecule has 7 heteroatoms. The van der Waals surface area contributed by atoms with Gasteiger partial charge in [0.2, 0.25) is 0 Å². The third-order valence-corrected chi connectivity index (χ3v) is 4.97. The summed E-state index contributed by atoms with van der Waals surface area (Å²) in [6.07, 6.45) is 2.05. The average molecular weight is 348 g/mol. The van der Waals surface area contributed by atoms with Crippen LogP contribution in [0.4, 0.5) is 5.69 Å². The first-order valence-electron chi connectivity index (χ1n) is 8.13. The van der Waals surface area contributed by atoms with Gasteiger partial charge in [0.1, 0.15) is 11.6 Å². The van der Waals surface area contributed by atoms with Gasteiger partial charge >= 0.3 is 0 Å². The Morgan fingerprint density at radius 3 is 2.75 bits per heavy atom. The fraction of sp³-hybridized carbons (Fsp3) is 0.471. The zero-order valence-electron chi connectivity index (χ0n) is 14.1. The highest BCUT2D eigenvalue weighted by molar-refractivity contribution is 7.99. The summed E-state index contributed by atoms with van der Waals surface area (Å²) in [7, 11) is 0. The molecule has 2 N–H and O–H groups in total. The quantitative estimate of drug-likeness (QED) is 0.863. The number of rotatable bonds is 5. The molecule has 0 saturated carbocycles. The highest BCUT2D eigenvalue weighted by Crippen LogP contribution is 2.34. The molecule has 6 nitrogen and oxygen atoms in total. The van der Waals surface area contributed by atoms with Gasteiger partial charge in [-0.25, -0.2) is 0 Å². The maximum atomic E-state index is 9.00. The second-order valence-corrected chi connectivity index (χ2v) is 6.77. The van der Waals surface area contributed by atoms with Gasteiger partial charge in [0.05, 0.1) is 5.25 Å². The molecule has 0 bridgehead atoms. The molecular weight excluding hydrogens is 324 g/mol. The first-order valence-corrected chi connectivity index (χ1v) is 9.18. The third kappa shape index (κ3) is 5.26. The lowest BCUT2D eigenvalue weighted by molar-refractivity contribution is -0.134. The Hall–Kier alpha value is -2.02. The molecule has 2 heterocycles. The number of thioether (sulfide) groups is 1. The van der Waals surface area contributed by atoms with Crippen LogP contribution >= 0.6 is 11.8 Å². The maximum Gasteiger partial charge on any atom is 0.300 e. The number of aromatic nitrogens is 3. The summed E-state index contributed by atoms with van der Waals surface area (Å²) in [5, 5.41) is 20.2. The number of carbonyl (C=O) groups is 1. The smallest absolute Gasteiger partial charge is 0.300 e. The minimum atomic E-state index is -0.833. The molecule has 0 aliphatic carbocycles. The van der Waals surface area contributed by atoms with E-state index in [1.807, 2.05) is 30.0 Å². The SMILES string of the molecule is CC(=O)O.CCC1SCCn2c(CCNc3ccccc3)nnc21. The number of carboxylic acids is 1. The standard InChI is InChI=1S/C15H20N4S.C2H4O2/c1-2-13-15-18-17-14(19(15)10-11-20-13)8-9-16-12-6-4-3-5-7-12;1-2(3)4/h3-7,13,16H,2,8-11H2,1H3;1H3,(H,3,4). The summed E-state index contributed by atoms with van der Waals surface area (Å²) in [6, 6.07) is 10.3. The van der Waals surface area contributed by atoms with E-state index in [9.17, 15) is 0 Å². The van der Waals surface area contributed by atoms with Crippen LogP contribution in [0.3, 0.4) is 0 Å². The normalized spacial score (nSPS) is 15.8. The van der Waals surface area contributed by atoms with Crippen LogP contribution in [-0.4, -0.2) is 38.1 Å². The average Bonchev–Trinajstić information content (AvgIpc) is 2.99. The molecule has 0 amide bonds. The molecule has 1 aliphatic rings. The predicted octanol–water partition coefficient (Wildman–Crippen LogP) is 3.22. The molecular formula is C17H24N4O2S. The van der Waals surface area contributed by atoms with Crippen LogP contribution in [0.2, 0.25) is 0 Å². The van der Waals surface area contributed by atoms with Crippen molar-refractivity contribution < 1.29 is 9.90 Å². The summed E-state index contributed by atoms with van der Waals surface area (Å²) < 4.78 is 2.32. The van der Waals surface area contributed by atoms with Crippen LogP contribution in [0, 0.1) is 0 Å². The molecule has 2 aromatic rings. The predicted molar refractivity (Wildman–Crippen MR) is 97.5 cm³/mol. The minimum absolute atomic E-state index is 0.520. The van der Waals surface area contributed by atoms with Gasteiger partial charge in [-0.1, -0.05) is 25.1 Å². The molecule has 1 unspecified atom stereocenters. The summed E-state index contributed by atoms with van der Waals surface area (Å²) in [4.78, 5) is 9.00. The molecule has 24 heavy (non-hydrogen) atoms. The van der Waals surface area contributed by atoms with Gasteiger partial charge in [-0.15, -0.1) is 22.0 Å². The van der Waals surface area contributed by atoms with Crippen molar-refractivity contribution in [2.75, 3.05) is 17.6 Å². The van der Waals surface area contributed by atoms with Gasteiger partial charge in [0, 0.05) is 37.9 Å². The molecule has 0 saturated heterocycles. The van der Waals surface area contributed by atoms with Crippen molar-refractivity contribution in [1.29, 1.82) is 0 Å². The summed E-state index contributed by atoms with van der Waals surface area (Å²) in [5.41, 5.74) is 1.16. The third-order valence-electron chi connectivity index (χ3n) is 3.60. The Labute approximate surface area is 146 Å². The van der Waals surface area contributed by atoms with E-state index in [0.717, 1.165) is 44.4 Å². The Balaban J connectivity index is 0.000000471. The van der Waals surface area contributed by atoms with E-state index in [0.29, 0.717) is 5.25 Å². The van der Waals surface area contributed by atoms with E-state index in [1.165, 1.54) is 11.6 Å². The summed E-state index contributed by atoms with van der Waals surface area (Å²) in [5.74, 6) is 2.61. The van der Waals surface area contributed by atoms with Crippen molar-refractivity contribution >= 4 is 23.4 Å². The van der Waals surface area contributed by atoms with Gasteiger partial charge in [0.15, 0.2) is 0 Å². The van der Waals surface area contributed by atoms with Gasteiger partial charge in [-0.3, -0.25) is 4.79 Å². The van der Waals surface area contributed by atoms with Gasteiger partial charge in [0.25, 0.3) is 5.97 Å². The van der Waals surface area contributed by atoms with Crippen molar-refractivity contribution in [3.8, 4) is 0 Å². The number of fused-ring (bicyclic) bond motifs is 1. The molecule has 3 rings (SSSR count). The molecule has 0 spiro atoms. The van der Waals surface area contributed by atoms with E-state index in [2.05, 4.69) is 39.1 Å². The molecule has 1 aromatic carbocycles. The van der Waals surface area contributed by atoms with Crippen LogP contribution in [-0.2, 0) is 17.8 Å². The monoisotopic (exact) mass is 348 g/mol. The van der Waals surface area contributed by atoms with E-state index >= 15 is 0 Å². The number of hydrogen-bond donors (Lipinski definition) is 2. The number of anilines is 1. The highest BCUT2D eigenvalue weighted by Gasteiger charge is 2.23. The van der Waals surface area contributed by atoms with Gasteiger partial charge in [-0.05, 0) is 18.6 Å². The minimum Gasteiger partial charge on any atom is -0.481 e. The lowest BCUT2D eigenvalue weighted by Crippen LogP contribution is -2.18. The summed E-state index contributed by atoms with van der Waals surface area (Å²) in [6.45, 7) is 5.24. The Morgan fingerprint density at radius 1 is 1.38 bits per heavy atom. The van der Waals surface area contributed by atoms with Crippen LogP contribution in [0.1, 0.15) is 37.2 Å². The fourth-order valence-corrected chi connectivity index (χ4v) is 3.68. The summed E-state index contributed by atoms with van der Waals surface area (Å²) >= 11 is 2.00. The van der Waals surface area contributed by atoms with Gasteiger partial charge in [-0.2, -0.15) is 0 Å². The Kier molecular flexibility index (Phi) is 7.11. The maximum absolute atomic E-state index is 9.00.